The van der Waals surface area contributed by atoms with E-state index in [4.69, 9.17) is 5.73 Å². The van der Waals surface area contributed by atoms with Gasteiger partial charge in [-0.15, -0.1) is 0 Å². The van der Waals surface area contributed by atoms with Gasteiger partial charge in [0, 0.05) is 12.4 Å². The van der Waals surface area contributed by atoms with Gasteiger partial charge < -0.3 is 10.3 Å². The minimum atomic E-state index is -0.286. The minimum absolute atomic E-state index is 0.234. The number of aromatic nitrogens is 2. The number of nitrogens with zero attached hydrogens (tertiary/aromatic N) is 2. The van der Waals surface area contributed by atoms with Crippen LogP contribution in [-0.2, 0) is 4.79 Å². The Morgan fingerprint density at radius 3 is 2.92 bits per heavy atom. The molecule has 4 heteroatoms. The number of imidazole rings is 1. The molecule has 0 saturated carbocycles. The number of carbonyl (C=O) groups is 1. The van der Waals surface area contributed by atoms with Crippen molar-refractivity contribution >= 4 is 5.91 Å². The summed E-state index contributed by atoms with van der Waals surface area (Å²) in [6, 6.07) is -0.234. The molecule has 13 heavy (non-hydrogen) atoms. The third-order valence-corrected chi connectivity index (χ3v) is 2.04. The summed E-state index contributed by atoms with van der Waals surface area (Å²) in [6.45, 7) is 2.09. The molecule has 0 saturated heterocycles. The van der Waals surface area contributed by atoms with E-state index in [9.17, 15) is 4.79 Å². The quantitative estimate of drug-likeness (QED) is 0.739. The standard InChI is InChI=1S/C9H15N3O/c1-2-3-4-8(9(10)13)12-6-5-11-7-12/h5-8H,2-4H2,1H3,(H2,10,13). The van der Waals surface area contributed by atoms with Crippen LogP contribution in [0.25, 0.3) is 0 Å². The lowest BCUT2D eigenvalue weighted by Gasteiger charge is -2.13. The maximum atomic E-state index is 11.1. The van der Waals surface area contributed by atoms with Crippen molar-refractivity contribution in [3.63, 3.8) is 0 Å². The first-order chi connectivity index (χ1) is 6.25. The number of carbonyl (C=O) groups excluding carboxylic acids is 1. The van der Waals surface area contributed by atoms with Crippen LogP contribution in [0.4, 0.5) is 0 Å². The van der Waals surface area contributed by atoms with Crippen molar-refractivity contribution in [3.8, 4) is 0 Å². The van der Waals surface area contributed by atoms with Gasteiger partial charge in [0.05, 0.1) is 6.33 Å². The number of rotatable bonds is 5. The van der Waals surface area contributed by atoms with Gasteiger partial charge in [0.2, 0.25) is 5.91 Å². The lowest BCUT2D eigenvalue weighted by atomic mass is 10.1. The van der Waals surface area contributed by atoms with Gasteiger partial charge in [-0.05, 0) is 6.42 Å². The molecule has 0 radical (unpaired) electrons. The normalized spacial score (nSPS) is 12.7. The molecule has 0 spiro atoms. The van der Waals surface area contributed by atoms with Crippen LogP contribution in [0.2, 0.25) is 0 Å². The summed E-state index contributed by atoms with van der Waals surface area (Å²) in [7, 11) is 0. The van der Waals surface area contributed by atoms with Gasteiger partial charge in [-0.2, -0.15) is 0 Å². The van der Waals surface area contributed by atoms with Crippen molar-refractivity contribution in [2.24, 2.45) is 5.73 Å². The van der Waals surface area contributed by atoms with Crippen LogP contribution in [0.5, 0.6) is 0 Å². The first kappa shape index (κ1) is 9.77. The van der Waals surface area contributed by atoms with Gasteiger partial charge in [0.15, 0.2) is 0 Å². The molecule has 1 rings (SSSR count). The Bertz CT molecular complexity index is 256. The van der Waals surface area contributed by atoms with Crippen LogP contribution in [-0.4, -0.2) is 15.5 Å². The molecular weight excluding hydrogens is 166 g/mol. The Morgan fingerprint density at radius 2 is 2.46 bits per heavy atom. The molecule has 0 aliphatic heterocycles. The van der Waals surface area contributed by atoms with Gasteiger partial charge in [-0.3, -0.25) is 4.79 Å². The predicted octanol–water partition coefficient (Wildman–Crippen LogP) is 1.10. The Hall–Kier alpha value is -1.32. The maximum absolute atomic E-state index is 11.1. The fraction of sp³-hybridized carbons (Fsp3) is 0.556. The van der Waals surface area contributed by atoms with Crippen LogP contribution in [0.3, 0.4) is 0 Å². The third kappa shape index (κ3) is 2.57. The molecule has 72 valence electrons. The summed E-state index contributed by atoms with van der Waals surface area (Å²) in [4.78, 5) is 15.0. The van der Waals surface area contributed by atoms with E-state index in [1.54, 1.807) is 23.3 Å². The molecule has 0 aliphatic carbocycles. The van der Waals surface area contributed by atoms with E-state index in [0.717, 1.165) is 19.3 Å². The Kier molecular flexibility index (Phi) is 3.49. The molecule has 0 aromatic carbocycles. The summed E-state index contributed by atoms with van der Waals surface area (Å²) in [5, 5.41) is 0. The molecule has 4 nitrogen and oxygen atoms in total. The second kappa shape index (κ2) is 4.64. The number of primary amides is 1. The van der Waals surface area contributed by atoms with E-state index in [0.29, 0.717) is 0 Å². The van der Waals surface area contributed by atoms with E-state index in [-0.39, 0.29) is 11.9 Å². The zero-order valence-electron chi connectivity index (χ0n) is 7.81. The molecule has 0 bridgehead atoms. The average Bonchev–Trinajstić information content (AvgIpc) is 2.57. The second-order valence-corrected chi connectivity index (χ2v) is 3.07. The smallest absolute Gasteiger partial charge is 0.240 e. The van der Waals surface area contributed by atoms with Crippen LogP contribution in [0.15, 0.2) is 18.7 Å². The van der Waals surface area contributed by atoms with Crippen LogP contribution in [0, 0.1) is 0 Å². The van der Waals surface area contributed by atoms with Crippen molar-refractivity contribution in [1.82, 2.24) is 9.55 Å². The Labute approximate surface area is 77.8 Å². The van der Waals surface area contributed by atoms with E-state index < -0.39 is 0 Å². The van der Waals surface area contributed by atoms with Gasteiger partial charge in [0.1, 0.15) is 6.04 Å². The van der Waals surface area contributed by atoms with Crippen molar-refractivity contribution < 1.29 is 4.79 Å². The van der Waals surface area contributed by atoms with Gasteiger partial charge in [0.25, 0.3) is 0 Å². The molecule has 1 heterocycles. The summed E-state index contributed by atoms with van der Waals surface area (Å²) in [6.07, 6.45) is 7.92. The third-order valence-electron chi connectivity index (χ3n) is 2.04. The molecule has 1 atom stereocenters. The van der Waals surface area contributed by atoms with Gasteiger partial charge in [-0.25, -0.2) is 4.98 Å². The Balaban J connectivity index is 2.63. The first-order valence-electron chi connectivity index (χ1n) is 4.52. The largest absolute Gasteiger partial charge is 0.368 e. The highest BCUT2D eigenvalue weighted by Crippen LogP contribution is 2.13. The number of unbranched alkanes of at least 4 members (excludes halogenated alkanes) is 1. The van der Waals surface area contributed by atoms with E-state index in [1.165, 1.54) is 0 Å². The first-order valence-corrected chi connectivity index (χ1v) is 4.52. The predicted molar refractivity (Wildman–Crippen MR) is 50.0 cm³/mol. The van der Waals surface area contributed by atoms with Crippen molar-refractivity contribution in [3.05, 3.63) is 18.7 Å². The van der Waals surface area contributed by atoms with E-state index >= 15 is 0 Å². The van der Waals surface area contributed by atoms with Crippen molar-refractivity contribution in [2.45, 2.75) is 32.2 Å². The monoisotopic (exact) mass is 181 g/mol. The maximum Gasteiger partial charge on any atom is 0.240 e. The highest BCUT2D eigenvalue weighted by atomic mass is 16.1. The topological polar surface area (TPSA) is 60.9 Å². The van der Waals surface area contributed by atoms with Crippen LogP contribution < -0.4 is 5.73 Å². The SMILES string of the molecule is CCCCC(C(N)=O)n1ccnc1. The summed E-state index contributed by atoms with van der Waals surface area (Å²) < 4.78 is 1.76. The highest BCUT2D eigenvalue weighted by molar-refractivity contribution is 5.78. The summed E-state index contributed by atoms with van der Waals surface area (Å²) in [5.74, 6) is -0.286. The van der Waals surface area contributed by atoms with Crippen LogP contribution >= 0.6 is 0 Å². The molecule has 1 amide bonds. The number of amides is 1. The molecular formula is C9H15N3O. The minimum Gasteiger partial charge on any atom is -0.368 e. The van der Waals surface area contributed by atoms with Crippen molar-refractivity contribution in [1.29, 1.82) is 0 Å². The number of hydrogen-bond donors (Lipinski definition) is 1. The molecule has 0 aliphatic rings. The zero-order valence-corrected chi connectivity index (χ0v) is 7.81. The van der Waals surface area contributed by atoms with Gasteiger partial charge in [-0.1, -0.05) is 19.8 Å². The zero-order chi connectivity index (χ0) is 9.68. The fourth-order valence-corrected chi connectivity index (χ4v) is 1.29. The van der Waals surface area contributed by atoms with E-state index in [1.807, 2.05) is 0 Å². The average molecular weight is 181 g/mol. The highest BCUT2D eigenvalue weighted by Gasteiger charge is 2.15. The van der Waals surface area contributed by atoms with Crippen molar-refractivity contribution in [2.75, 3.05) is 0 Å². The molecule has 1 unspecified atom stereocenters. The molecule has 1 aromatic rings. The Morgan fingerprint density at radius 1 is 1.69 bits per heavy atom. The number of nitrogens with two attached hydrogens (primary N) is 1. The molecule has 0 fully saturated rings. The van der Waals surface area contributed by atoms with E-state index in [2.05, 4.69) is 11.9 Å². The number of hydrogen-bond acceptors (Lipinski definition) is 2. The molecule has 2 N–H and O–H groups in total. The summed E-state index contributed by atoms with van der Waals surface area (Å²) >= 11 is 0. The summed E-state index contributed by atoms with van der Waals surface area (Å²) in [5.41, 5.74) is 5.28. The van der Waals surface area contributed by atoms with Gasteiger partial charge >= 0.3 is 0 Å². The molecule has 1 aromatic heterocycles. The lowest BCUT2D eigenvalue weighted by molar-refractivity contribution is -0.121. The fourth-order valence-electron chi connectivity index (χ4n) is 1.29. The lowest BCUT2D eigenvalue weighted by Crippen LogP contribution is -2.25. The van der Waals surface area contributed by atoms with Crippen LogP contribution in [0.1, 0.15) is 32.2 Å². The second-order valence-electron chi connectivity index (χ2n) is 3.07.